The van der Waals surface area contributed by atoms with Gasteiger partial charge in [0.2, 0.25) is 10.0 Å². The van der Waals surface area contributed by atoms with Crippen molar-refractivity contribution in [1.29, 1.82) is 0 Å². The van der Waals surface area contributed by atoms with Crippen LogP contribution in [0.4, 0.5) is 8.78 Å². The van der Waals surface area contributed by atoms with Gasteiger partial charge in [-0.25, -0.2) is 17.2 Å². The maximum absolute atomic E-state index is 13.9. The van der Waals surface area contributed by atoms with E-state index >= 15 is 0 Å². The number of methoxy groups -OCH3 is 1. The van der Waals surface area contributed by atoms with Crippen LogP contribution in [0.5, 0.6) is 5.75 Å². The first-order chi connectivity index (χ1) is 12.8. The van der Waals surface area contributed by atoms with E-state index in [-0.39, 0.29) is 13.1 Å². The van der Waals surface area contributed by atoms with Crippen molar-refractivity contribution in [1.82, 2.24) is 4.31 Å². The molecule has 2 aromatic rings. The zero-order valence-electron chi connectivity index (χ0n) is 15.3. The fourth-order valence-corrected chi connectivity index (χ4v) is 4.87. The number of hydrogen-bond donors (Lipinski definition) is 1. The van der Waals surface area contributed by atoms with Gasteiger partial charge in [0, 0.05) is 5.56 Å². The third-order valence-electron chi connectivity index (χ3n) is 4.82. The van der Waals surface area contributed by atoms with E-state index in [1.54, 1.807) is 7.11 Å². The molecule has 0 atom stereocenters. The van der Waals surface area contributed by atoms with Gasteiger partial charge in [0.05, 0.1) is 33.3 Å². The van der Waals surface area contributed by atoms with Gasteiger partial charge < -0.3 is 9.64 Å². The summed E-state index contributed by atoms with van der Waals surface area (Å²) in [5.41, 5.74) is 2.20. The molecule has 1 fully saturated rings. The quantitative estimate of drug-likeness (QED) is 0.829. The average molecular weight is 397 g/mol. The minimum Gasteiger partial charge on any atom is -0.496 e. The number of sulfonamides is 1. The van der Waals surface area contributed by atoms with Crippen LogP contribution in [0.15, 0.2) is 41.3 Å². The van der Waals surface area contributed by atoms with Gasteiger partial charge in [-0.3, -0.25) is 0 Å². The van der Waals surface area contributed by atoms with Gasteiger partial charge in [-0.1, -0.05) is 11.6 Å². The highest BCUT2D eigenvalue weighted by Crippen LogP contribution is 2.21. The highest BCUT2D eigenvalue weighted by molar-refractivity contribution is 7.89. The summed E-state index contributed by atoms with van der Waals surface area (Å²) in [6, 6.07) is 8.46. The summed E-state index contributed by atoms with van der Waals surface area (Å²) in [5, 5.41) is 0. The van der Waals surface area contributed by atoms with Crippen molar-refractivity contribution in [3.63, 3.8) is 0 Å². The monoisotopic (exact) mass is 397 g/mol. The van der Waals surface area contributed by atoms with Crippen LogP contribution >= 0.6 is 0 Å². The summed E-state index contributed by atoms with van der Waals surface area (Å²) in [6.45, 7) is 4.38. The lowest BCUT2D eigenvalue weighted by molar-refractivity contribution is -0.917. The molecule has 0 saturated carbocycles. The Morgan fingerprint density at radius 2 is 1.81 bits per heavy atom. The Morgan fingerprint density at radius 3 is 2.48 bits per heavy atom. The van der Waals surface area contributed by atoms with Crippen molar-refractivity contribution in [2.24, 2.45) is 0 Å². The van der Waals surface area contributed by atoms with E-state index in [9.17, 15) is 17.2 Å². The Kier molecular flexibility index (Phi) is 5.78. The third kappa shape index (κ3) is 4.28. The Labute approximate surface area is 158 Å². The van der Waals surface area contributed by atoms with E-state index in [1.807, 2.05) is 19.1 Å². The van der Waals surface area contributed by atoms with Crippen LogP contribution in [-0.4, -0.2) is 46.0 Å². The van der Waals surface area contributed by atoms with Gasteiger partial charge in [0.25, 0.3) is 0 Å². The maximum Gasteiger partial charge on any atom is 0.246 e. The highest BCUT2D eigenvalue weighted by Gasteiger charge is 2.32. The van der Waals surface area contributed by atoms with Crippen LogP contribution in [-0.2, 0) is 16.6 Å². The van der Waals surface area contributed by atoms with Crippen LogP contribution in [0.2, 0.25) is 0 Å². The molecule has 27 heavy (non-hydrogen) atoms. The summed E-state index contributed by atoms with van der Waals surface area (Å²) in [5.74, 6) is -0.897. The molecule has 8 heteroatoms. The van der Waals surface area contributed by atoms with Crippen molar-refractivity contribution >= 4 is 10.0 Å². The molecule has 1 aliphatic heterocycles. The van der Waals surface area contributed by atoms with Crippen LogP contribution in [0, 0.1) is 18.6 Å². The molecular weight excluding hydrogens is 374 g/mol. The van der Waals surface area contributed by atoms with E-state index < -0.39 is 26.6 Å². The molecule has 1 N–H and O–H groups in total. The summed E-state index contributed by atoms with van der Waals surface area (Å²) in [6.07, 6.45) is 0. The lowest BCUT2D eigenvalue weighted by Gasteiger charge is -2.31. The number of quaternary nitrogens is 1. The number of hydrogen-bond acceptors (Lipinski definition) is 3. The van der Waals surface area contributed by atoms with Gasteiger partial charge in [-0.2, -0.15) is 4.31 Å². The number of nitrogens with one attached hydrogen (secondary N) is 1. The van der Waals surface area contributed by atoms with Crippen LogP contribution in [0.3, 0.4) is 0 Å². The fraction of sp³-hybridized carbons (Fsp3) is 0.368. The molecule has 0 radical (unpaired) electrons. The molecule has 0 aliphatic carbocycles. The van der Waals surface area contributed by atoms with Crippen LogP contribution < -0.4 is 9.64 Å². The molecule has 5 nitrogen and oxygen atoms in total. The van der Waals surface area contributed by atoms with Gasteiger partial charge in [-0.15, -0.1) is 0 Å². The first kappa shape index (κ1) is 19.7. The Hall–Kier alpha value is -2.03. The van der Waals surface area contributed by atoms with Crippen molar-refractivity contribution < 1.29 is 26.8 Å². The van der Waals surface area contributed by atoms with Crippen molar-refractivity contribution in [3.8, 4) is 5.75 Å². The second-order valence-corrected chi connectivity index (χ2v) is 8.63. The molecule has 0 bridgehead atoms. The number of aryl methyl sites for hydroxylation is 1. The molecule has 146 valence electrons. The van der Waals surface area contributed by atoms with Gasteiger partial charge >= 0.3 is 0 Å². The zero-order valence-corrected chi connectivity index (χ0v) is 16.2. The smallest absolute Gasteiger partial charge is 0.246 e. The highest BCUT2D eigenvalue weighted by atomic mass is 32.2. The fourth-order valence-electron chi connectivity index (χ4n) is 3.35. The molecule has 2 aromatic carbocycles. The molecule has 3 rings (SSSR count). The summed E-state index contributed by atoms with van der Waals surface area (Å²) in [7, 11) is -2.42. The summed E-state index contributed by atoms with van der Waals surface area (Å²) < 4.78 is 59.2. The number of rotatable bonds is 5. The second-order valence-electron chi connectivity index (χ2n) is 6.72. The summed E-state index contributed by atoms with van der Waals surface area (Å²) >= 11 is 0. The predicted molar refractivity (Wildman–Crippen MR) is 97.2 cm³/mol. The molecule has 1 saturated heterocycles. The number of nitrogens with zero attached hydrogens (tertiary/aromatic N) is 1. The minimum atomic E-state index is -4.05. The summed E-state index contributed by atoms with van der Waals surface area (Å²) in [4.78, 5) is 0.608. The lowest BCUT2D eigenvalue weighted by atomic mass is 10.1. The molecule has 0 amide bonds. The van der Waals surface area contributed by atoms with E-state index in [0.717, 1.165) is 35.1 Å². The van der Waals surface area contributed by atoms with Gasteiger partial charge in [0.15, 0.2) is 0 Å². The van der Waals surface area contributed by atoms with Crippen molar-refractivity contribution in [2.75, 3.05) is 33.3 Å². The van der Waals surface area contributed by atoms with Crippen molar-refractivity contribution in [2.45, 2.75) is 18.4 Å². The molecule has 1 aliphatic rings. The SMILES string of the molecule is COc1ccc(C)cc1C[NH+]1CCN(S(=O)(=O)c2cc(F)ccc2F)CC1. The van der Waals surface area contributed by atoms with Gasteiger partial charge in [0.1, 0.15) is 28.8 Å². The molecule has 0 spiro atoms. The number of piperazine rings is 1. The van der Waals surface area contributed by atoms with E-state index in [0.29, 0.717) is 19.6 Å². The van der Waals surface area contributed by atoms with E-state index in [4.69, 9.17) is 4.74 Å². The normalized spacial score (nSPS) is 16.4. The minimum absolute atomic E-state index is 0.252. The Balaban J connectivity index is 1.70. The first-order valence-corrected chi connectivity index (χ1v) is 10.2. The largest absolute Gasteiger partial charge is 0.496 e. The standard InChI is InChI=1S/C19H22F2N2O3S/c1-14-3-6-18(26-2)15(11-14)13-22-7-9-23(10-8-22)27(24,25)19-12-16(20)4-5-17(19)21/h3-6,11-12H,7-10,13H2,1-2H3/p+1. The zero-order chi connectivity index (χ0) is 19.6. The Morgan fingerprint density at radius 1 is 1.11 bits per heavy atom. The second kappa shape index (κ2) is 7.92. The molecular formula is C19H23F2N2O3S+. The lowest BCUT2D eigenvalue weighted by Crippen LogP contribution is -3.13. The number of benzene rings is 2. The predicted octanol–water partition coefficient (Wildman–Crippen LogP) is 1.37. The topological polar surface area (TPSA) is 51.1 Å². The molecule has 0 aromatic heterocycles. The first-order valence-electron chi connectivity index (χ1n) is 8.73. The van der Waals surface area contributed by atoms with E-state index in [1.165, 1.54) is 9.21 Å². The van der Waals surface area contributed by atoms with E-state index in [2.05, 4.69) is 6.07 Å². The third-order valence-corrected chi connectivity index (χ3v) is 6.73. The maximum atomic E-state index is 13.9. The number of halogens is 2. The number of ether oxygens (including phenoxy) is 1. The van der Waals surface area contributed by atoms with Crippen LogP contribution in [0.25, 0.3) is 0 Å². The molecule has 0 unspecified atom stereocenters. The van der Waals surface area contributed by atoms with Crippen LogP contribution in [0.1, 0.15) is 11.1 Å². The average Bonchev–Trinajstić information content (AvgIpc) is 2.64. The molecule has 1 heterocycles. The Bertz CT molecular complexity index is 927. The van der Waals surface area contributed by atoms with Crippen molar-refractivity contribution in [3.05, 3.63) is 59.2 Å². The van der Waals surface area contributed by atoms with Gasteiger partial charge in [-0.05, 0) is 37.3 Å².